The van der Waals surface area contributed by atoms with Gasteiger partial charge in [-0.1, -0.05) is 175 Å². The van der Waals surface area contributed by atoms with Crippen molar-refractivity contribution in [1.29, 1.82) is 0 Å². The van der Waals surface area contributed by atoms with Gasteiger partial charge in [0.25, 0.3) is 0 Å². The molecule has 0 N–H and O–H groups in total. The van der Waals surface area contributed by atoms with Crippen LogP contribution < -0.4 is 5.11 Å². The zero-order valence-corrected chi connectivity index (χ0v) is 42.5. The van der Waals surface area contributed by atoms with Crippen LogP contribution in [0.3, 0.4) is 0 Å². The van der Waals surface area contributed by atoms with Crippen LogP contribution in [0.4, 0.5) is 0 Å². The van der Waals surface area contributed by atoms with Gasteiger partial charge in [-0.05, 0) is 96.3 Å². The molecule has 0 aromatic heterocycles. The van der Waals surface area contributed by atoms with Crippen LogP contribution in [-0.4, -0.2) is 82.3 Å². The fraction of sp³-hybridized carbons (Fsp3) is 0.667. The third-order valence-electron chi connectivity index (χ3n) is 10.6. The minimum Gasteiger partial charge on any atom is -0.545 e. The standard InChI is InChI=1S/C57H95NO8/c1-6-8-10-12-14-16-18-20-22-24-25-26-27-28-29-30-31-32-34-36-38-40-42-44-46-48-55(60)66-53(52-65-57(56(61)62)63-50-49-58(3,4)5)51-64-54(59)47-45-43-41-39-37-35-33-23-21-19-17-15-13-11-9-7-2/h8,10,14,16,20,22-23,25-26,28-29,31-33,36,38,53,57H,6-7,9,11-13,15,17-19,21,24,27,30,34-35,37,39-52H2,1-5H3/b10-8-,16-14-,22-20-,26-25-,29-28-,32-31-,33-23-,38-36-. The number of hydrogen-bond donors (Lipinski definition) is 0. The molecule has 2 unspecified atom stereocenters. The van der Waals surface area contributed by atoms with Gasteiger partial charge in [0.2, 0.25) is 0 Å². The van der Waals surface area contributed by atoms with E-state index in [1.807, 2.05) is 21.1 Å². The van der Waals surface area contributed by atoms with Gasteiger partial charge in [-0.3, -0.25) is 9.59 Å². The van der Waals surface area contributed by atoms with Crippen molar-refractivity contribution in [2.45, 2.75) is 200 Å². The molecule has 66 heavy (non-hydrogen) atoms. The molecule has 0 saturated carbocycles. The number of carbonyl (C=O) groups is 3. The Morgan fingerprint density at radius 3 is 1.32 bits per heavy atom. The summed E-state index contributed by atoms with van der Waals surface area (Å²) in [5, 5.41) is 11.7. The minimum atomic E-state index is -1.64. The van der Waals surface area contributed by atoms with Crippen molar-refractivity contribution in [3.8, 4) is 0 Å². The Morgan fingerprint density at radius 1 is 0.470 bits per heavy atom. The van der Waals surface area contributed by atoms with Gasteiger partial charge < -0.3 is 33.3 Å². The fourth-order valence-corrected chi connectivity index (χ4v) is 6.57. The fourth-order valence-electron chi connectivity index (χ4n) is 6.57. The number of likely N-dealkylation sites (N-methyl/N-ethyl adjacent to an activating group) is 1. The molecule has 0 aliphatic carbocycles. The van der Waals surface area contributed by atoms with Gasteiger partial charge in [-0.2, -0.15) is 0 Å². The van der Waals surface area contributed by atoms with Gasteiger partial charge in [-0.25, -0.2) is 0 Å². The van der Waals surface area contributed by atoms with Crippen LogP contribution in [0.2, 0.25) is 0 Å². The highest BCUT2D eigenvalue weighted by Crippen LogP contribution is 2.13. The summed E-state index contributed by atoms with van der Waals surface area (Å²) < 4.78 is 22.6. The molecule has 0 aliphatic heterocycles. The quantitative estimate of drug-likeness (QED) is 0.0195. The van der Waals surface area contributed by atoms with E-state index in [0.717, 1.165) is 103 Å². The van der Waals surface area contributed by atoms with Crippen molar-refractivity contribution < 1.29 is 42.9 Å². The van der Waals surface area contributed by atoms with Crippen LogP contribution in [0.1, 0.15) is 187 Å². The number of aliphatic carboxylic acids is 1. The molecule has 0 saturated heterocycles. The number of ether oxygens (including phenoxy) is 4. The number of quaternary nitrogens is 1. The van der Waals surface area contributed by atoms with Crippen molar-refractivity contribution >= 4 is 17.9 Å². The molecular weight excluding hydrogens is 827 g/mol. The number of nitrogens with zero attached hydrogens (tertiary/aromatic N) is 1. The Bertz CT molecular complexity index is 1400. The van der Waals surface area contributed by atoms with Gasteiger partial charge >= 0.3 is 11.9 Å². The lowest BCUT2D eigenvalue weighted by Crippen LogP contribution is -2.44. The number of carbonyl (C=O) groups excluding carboxylic acids is 3. The molecule has 0 rings (SSSR count). The minimum absolute atomic E-state index is 0.134. The first-order valence-electron chi connectivity index (χ1n) is 25.9. The number of rotatable bonds is 46. The topological polar surface area (TPSA) is 111 Å². The Balaban J connectivity index is 4.45. The monoisotopic (exact) mass is 922 g/mol. The van der Waals surface area contributed by atoms with E-state index < -0.39 is 24.3 Å². The highest BCUT2D eigenvalue weighted by atomic mass is 16.7. The SMILES string of the molecule is CC/C=C\C/C=C\C/C=C\C/C=C\C/C=C\C/C=C\C/C=C\CCCCCC(=O)OC(COC(=O)CCCCCCC/C=C\CCCCCCCCC)COC(OCC[N+](C)(C)C)C(=O)[O-]. The average Bonchev–Trinajstić information content (AvgIpc) is 3.28. The maximum absolute atomic E-state index is 12.8. The maximum atomic E-state index is 12.8. The Hall–Kier alpha value is -3.79. The molecule has 0 radical (unpaired) electrons. The summed E-state index contributed by atoms with van der Waals surface area (Å²) in [5.41, 5.74) is 0. The zero-order valence-electron chi connectivity index (χ0n) is 42.5. The Kier molecular flexibility index (Phi) is 45.0. The molecule has 376 valence electrons. The number of hydrogen-bond acceptors (Lipinski definition) is 8. The maximum Gasteiger partial charge on any atom is 0.306 e. The van der Waals surface area contributed by atoms with Crippen LogP contribution >= 0.6 is 0 Å². The van der Waals surface area contributed by atoms with E-state index in [-0.39, 0.29) is 38.6 Å². The van der Waals surface area contributed by atoms with Gasteiger partial charge in [0.05, 0.1) is 40.3 Å². The number of carboxylic acid groups (broad SMARTS) is 1. The summed E-state index contributed by atoms with van der Waals surface area (Å²) in [6.45, 7) is 4.56. The normalized spacial score (nSPS) is 13.7. The number of unbranched alkanes of at least 4 members (excludes halogenated alkanes) is 15. The highest BCUT2D eigenvalue weighted by Gasteiger charge is 2.21. The van der Waals surface area contributed by atoms with E-state index in [2.05, 4.69) is 111 Å². The van der Waals surface area contributed by atoms with Crippen LogP contribution in [0.5, 0.6) is 0 Å². The first-order valence-corrected chi connectivity index (χ1v) is 25.9. The largest absolute Gasteiger partial charge is 0.545 e. The zero-order chi connectivity index (χ0) is 48.4. The summed E-state index contributed by atoms with van der Waals surface area (Å²) in [5.74, 6) is -2.35. The molecule has 0 bridgehead atoms. The molecule has 0 aromatic rings. The second-order valence-electron chi connectivity index (χ2n) is 18.1. The van der Waals surface area contributed by atoms with Crippen molar-refractivity contribution in [2.24, 2.45) is 0 Å². The predicted octanol–water partition coefficient (Wildman–Crippen LogP) is 13.3. The molecule has 9 nitrogen and oxygen atoms in total. The van der Waals surface area contributed by atoms with Crippen LogP contribution in [0.15, 0.2) is 97.2 Å². The predicted molar refractivity (Wildman–Crippen MR) is 274 cm³/mol. The highest BCUT2D eigenvalue weighted by molar-refractivity contribution is 5.70. The average molecular weight is 922 g/mol. The second-order valence-corrected chi connectivity index (χ2v) is 18.1. The van der Waals surface area contributed by atoms with Gasteiger partial charge in [-0.15, -0.1) is 0 Å². The third kappa shape index (κ3) is 48.2. The van der Waals surface area contributed by atoms with E-state index in [4.69, 9.17) is 18.9 Å². The molecule has 9 heteroatoms. The molecule has 0 spiro atoms. The summed E-state index contributed by atoms with van der Waals surface area (Å²) >= 11 is 0. The number of esters is 2. The van der Waals surface area contributed by atoms with E-state index in [0.29, 0.717) is 17.4 Å². The van der Waals surface area contributed by atoms with Crippen molar-refractivity contribution in [1.82, 2.24) is 0 Å². The van der Waals surface area contributed by atoms with Crippen LogP contribution in [0, 0.1) is 0 Å². The first kappa shape index (κ1) is 62.2. The Morgan fingerprint density at radius 2 is 0.864 bits per heavy atom. The van der Waals surface area contributed by atoms with Gasteiger partial charge in [0.15, 0.2) is 12.4 Å². The lowest BCUT2D eigenvalue weighted by molar-refractivity contribution is -0.870. The molecule has 0 aromatic carbocycles. The van der Waals surface area contributed by atoms with Crippen molar-refractivity contribution in [3.63, 3.8) is 0 Å². The van der Waals surface area contributed by atoms with Crippen molar-refractivity contribution in [3.05, 3.63) is 97.2 Å². The van der Waals surface area contributed by atoms with E-state index >= 15 is 0 Å². The smallest absolute Gasteiger partial charge is 0.306 e. The molecular formula is C57H95NO8. The second kappa shape index (κ2) is 47.7. The van der Waals surface area contributed by atoms with Crippen LogP contribution in [0.25, 0.3) is 0 Å². The van der Waals surface area contributed by atoms with E-state index in [1.165, 1.54) is 51.4 Å². The summed E-state index contributed by atoms with van der Waals surface area (Å²) in [7, 11) is 5.89. The molecule has 0 aliphatic rings. The Labute approximate surface area is 403 Å². The van der Waals surface area contributed by atoms with Gasteiger partial charge in [0, 0.05) is 12.8 Å². The van der Waals surface area contributed by atoms with Gasteiger partial charge in [0.1, 0.15) is 13.2 Å². The number of allylic oxidation sites excluding steroid dienone is 16. The molecule has 0 heterocycles. The van der Waals surface area contributed by atoms with Crippen molar-refractivity contribution in [2.75, 3.05) is 47.5 Å². The van der Waals surface area contributed by atoms with E-state index in [9.17, 15) is 19.5 Å². The summed E-state index contributed by atoms with van der Waals surface area (Å²) in [4.78, 5) is 37.1. The van der Waals surface area contributed by atoms with Crippen LogP contribution in [-0.2, 0) is 33.3 Å². The summed E-state index contributed by atoms with van der Waals surface area (Å²) in [6.07, 6.45) is 60.1. The first-order chi connectivity index (χ1) is 32.1. The molecule has 2 atom stereocenters. The summed E-state index contributed by atoms with van der Waals surface area (Å²) in [6, 6.07) is 0. The number of carboxylic acids is 1. The molecule has 0 amide bonds. The van der Waals surface area contributed by atoms with E-state index in [1.54, 1.807) is 0 Å². The molecule has 0 fully saturated rings. The lowest BCUT2D eigenvalue weighted by Gasteiger charge is -2.26. The third-order valence-corrected chi connectivity index (χ3v) is 10.6. The lowest BCUT2D eigenvalue weighted by atomic mass is 10.1.